The second-order valence-electron chi connectivity index (χ2n) is 3.41. The number of alkyl halides is 3. The maximum Gasteiger partial charge on any atom is 0.413 e. The average Bonchev–Trinajstić information content (AvgIpc) is 2.48. The van der Waals surface area contributed by atoms with Gasteiger partial charge in [0.1, 0.15) is 0 Å². The molecule has 1 aromatic rings. The quantitative estimate of drug-likeness (QED) is 0.669. The second-order valence-corrected chi connectivity index (χ2v) is 4.20. The monoisotopic (exact) mass is 315 g/mol. The van der Waals surface area contributed by atoms with Gasteiger partial charge in [-0.2, -0.15) is 23.8 Å². The van der Waals surface area contributed by atoms with E-state index in [1.54, 1.807) is 11.7 Å². The zero-order chi connectivity index (χ0) is 13.1. The molecule has 1 aromatic heterocycles. The van der Waals surface area contributed by atoms with Crippen LogP contribution in [0.5, 0.6) is 0 Å². The van der Waals surface area contributed by atoms with E-state index < -0.39 is 12.8 Å². The van der Waals surface area contributed by atoms with Crippen molar-refractivity contribution in [3.63, 3.8) is 0 Å². The largest absolute Gasteiger partial charge is 0.413 e. The summed E-state index contributed by atoms with van der Waals surface area (Å²) in [5, 5.41) is 4.21. The van der Waals surface area contributed by atoms with Gasteiger partial charge >= 0.3 is 6.18 Å². The molecule has 8 heteroatoms. The average molecular weight is 316 g/mol. The summed E-state index contributed by atoms with van der Waals surface area (Å²) >= 11 is 3.35. The number of aryl methyl sites for hydroxylation is 2. The molecule has 0 aliphatic heterocycles. The molecule has 0 fully saturated rings. The Labute approximate surface area is 105 Å². The SMILES string of the molecule is CCc1nn(C)c(CNOCC(F)(F)F)c1Br. The van der Waals surface area contributed by atoms with Crippen molar-refractivity contribution in [3.8, 4) is 0 Å². The van der Waals surface area contributed by atoms with Crippen molar-refractivity contribution >= 4 is 15.9 Å². The lowest BCUT2D eigenvalue weighted by Gasteiger charge is -2.08. The molecule has 0 saturated carbocycles. The van der Waals surface area contributed by atoms with Gasteiger partial charge in [-0.15, -0.1) is 0 Å². The molecule has 0 aliphatic carbocycles. The Bertz CT molecular complexity index is 378. The highest BCUT2D eigenvalue weighted by atomic mass is 79.9. The summed E-state index contributed by atoms with van der Waals surface area (Å²) in [5.74, 6) is 0. The molecule has 1 heterocycles. The van der Waals surface area contributed by atoms with Crippen LogP contribution in [0.15, 0.2) is 4.47 Å². The molecular formula is C9H13BrF3N3O. The fourth-order valence-corrected chi connectivity index (χ4v) is 2.02. The van der Waals surface area contributed by atoms with Gasteiger partial charge in [0.25, 0.3) is 0 Å². The molecule has 0 aliphatic rings. The second kappa shape index (κ2) is 5.83. The number of nitrogens with zero attached hydrogens (tertiary/aromatic N) is 2. The van der Waals surface area contributed by atoms with Crippen molar-refractivity contribution < 1.29 is 18.0 Å². The van der Waals surface area contributed by atoms with Gasteiger partial charge in [0.2, 0.25) is 0 Å². The van der Waals surface area contributed by atoms with Crippen molar-refractivity contribution in [3.05, 3.63) is 15.9 Å². The minimum absolute atomic E-state index is 0.153. The molecular weight excluding hydrogens is 303 g/mol. The Morgan fingerprint density at radius 1 is 1.47 bits per heavy atom. The van der Waals surface area contributed by atoms with Gasteiger partial charge in [-0.3, -0.25) is 9.52 Å². The molecule has 1 rings (SSSR count). The maximum atomic E-state index is 11.8. The molecule has 98 valence electrons. The summed E-state index contributed by atoms with van der Waals surface area (Å²) in [6.07, 6.45) is -3.58. The zero-order valence-corrected chi connectivity index (χ0v) is 11.0. The molecule has 0 unspecified atom stereocenters. The van der Waals surface area contributed by atoms with Crippen LogP contribution in [0.25, 0.3) is 0 Å². The van der Waals surface area contributed by atoms with Gasteiger partial charge in [-0.05, 0) is 22.4 Å². The van der Waals surface area contributed by atoms with Gasteiger partial charge in [-0.25, -0.2) is 0 Å². The lowest BCUT2D eigenvalue weighted by atomic mass is 10.3. The smallest absolute Gasteiger partial charge is 0.292 e. The van der Waals surface area contributed by atoms with Crippen LogP contribution in [0.4, 0.5) is 13.2 Å². The first-order valence-electron chi connectivity index (χ1n) is 4.96. The Morgan fingerprint density at radius 2 is 2.12 bits per heavy atom. The predicted molar refractivity (Wildman–Crippen MR) is 59.1 cm³/mol. The predicted octanol–water partition coefficient (Wildman–Crippen LogP) is 2.33. The highest BCUT2D eigenvalue weighted by Crippen LogP contribution is 2.21. The summed E-state index contributed by atoms with van der Waals surface area (Å²) in [4.78, 5) is 4.32. The molecule has 0 radical (unpaired) electrons. The molecule has 0 atom stereocenters. The molecule has 4 nitrogen and oxygen atoms in total. The van der Waals surface area contributed by atoms with Gasteiger partial charge in [-0.1, -0.05) is 6.92 Å². The topological polar surface area (TPSA) is 39.1 Å². The first-order chi connectivity index (χ1) is 7.85. The van der Waals surface area contributed by atoms with Crippen molar-refractivity contribution in [1.82, 2.24) is 15.3 Å². The van der Waals surface area contributed by atoms with Gasteiger partial charge < -0.3 is 0 Å². The number of aromatic nitrogens is 2. The lowest BCUT2D eigenvalue weighted by Crippen LogP contribution is -2.25. The van der Waals surface area contributed by atoms with E-state index in [0.29, 0.717) is 0 Å². The van der Waals surface area contributed by atoms with E-state index in [1.165, 1.54) is 0 Å². The van der Waals surface area contributed by atoms with E-state index in [9.17, 15) is 13.2 Å². The first kappa shape index (κ1) is 14.5. The number of hydrogen-bond acceptors (Lipinski definition) is 3. The van der Waals surface area contributed by atoms with Crippen LogP contribution in [0.1, 0.15) is 18.3 Å². The molecule has 17 heavy (non-hydrogen) atoms. The zero-order valence-electron chi connectivity index (χ0n) is 9.44. The summed E-state index contributed by atoms with van der Waals surface area (Å²) in [7, 11) is 1.73. The van der Waals surface area contributed by atoms with E-state index in [4.69, 9.17) is 0 Å². The molecule has 0 saturated heterocycles. The summed E-state index contributed by atoms with van der Waals surface area (Å²) < 4.78 is 37.8. The maximum absolute atomic E-state index is 11.8. The number of nitrogens with one attached hydrogen (secondary N) is 1. The van der Waals surface area contributed by atoms with Crippen LogP contribution in [-0.2, 0) is 24.9 Å². The molecule has 0 aromatic carbocycles. The highest BCUT2D eigenvalue weighted by Gasteiger charge is 2.27. The lowest BCUT2D eigenvalue weighted by molar-refractivity contribution is -0.190. The number of hydroxylamine groups is 1. The van der Waals surface area contributed by atoms with E-state index in [-0.39, 0.29) is 6.54 Å². The van der Waals surface area contributed by atoms with Crippen LogP contribution in [-0.4, -0.2) is 22.6 Å². The Kier molecular flexibility index (Phi) is 4.96. The van der Waals surface area contributed by atoms with Gasteiger partial charge in [0.05, 0.1) is 22.4 Å². The number of halogens is 4. The fourth-order valence-electron chi connectivity index (χ4n) is 1.26. The minimum atomic E-state index is -4.33. The van der Waals surface area contributed by atoms with E-state index >= 15 is 0 Å². The third kappa shape index (κ3) is 4.29. The third-order valence-corrected chi connectivity index (χ3v) is 3.00. The van der Waals surface area contributed by atoms with Crippen LogP contribution < -0.4 is 5.48 Å². The summed E-state index contributed by atoms with van der Waals surface area (Å²) in [6, 6.07) is 0. The normalized spacial score (nSPS) is 12.1. The summed E-state index contributed by atoms with van der Waals surface area (Å²) in [6.45, 7) is 0.785. The van der Waals surface area contributed by atoms with Crippen molar-refractivity contribution in [2.75, 3.05) is 6.61 Å². The Balaban J connectivity index is 2.50. The Hall–Kier alpha value is -0.600. The van der Waals surface area contributed by atoms with E-state index in [1.807, 2.05) is 6.92 Å². The van der Waals surface area contributed by atoms with Crippen molar-refractivity contribution in [1.29, 1.82) is 0 Å². The van der Waals surface area contributed by atoms with Gasteiger partial charge in [0.15, 0.2) is 6.61 Å². The standard InChI is InChI=1S/C9H13BrF3N3O/c1-3-6-8(10)7(16(2)15-6)4-14-17-5-9(11,12)13/h14H,3-5H2,1-2H3. The van der Waals surface area contributed by atoms with Crippen molar-refractivity contribution in [2.24, 2.45) is 7.05 Å². The number of rotatable bonds is 5. The number of hydrogen-bond donors (Lipinski definition) is 1. The fraction of sp³-hybridized carbons (Fsp3) is 0.667. The van der Waals surface area contributed by atoms with Crippen LogP contribution in [0.2, 0.25) is 0 Å². The van der Waals surface area contributed by atoms with E-state index in [0.717, 1.165) is 22.3 Å². The molecule has 0 bridgehead atoms. The van der Waals surface area contributed by atoms with E-state index in [2.05, 4.69) is 31.3 Å². The van der Waals surface area contributed by atoms with Gasteiger partial charge in [0, 0.05) is 7.05 Å². The molecule has 1 N–H and O–H groups in total. The molecule has 0 spiro atoms. The van der Waals surface area contributed by atoms with Crippen molar-refractivity contribution in [2.45, 2.75) is 26.1 Å². The first-order valence-corrected chi connectivity index (χ1v) is 5.76. The third-order valence-electron chi connectivity index (χ3n) is 2.08. The summed E-state index contributed by atoms with van der Waals surface area (Å²) in [5.41, 5.74) is 3.87. The molecule has 0 amide bonds. The van der Waals surface area contributed by atoms with Crippen LogP contribution in [0.3, 0.4) is 0 Å². The minimum Gasteiger partial charge on any atom is -0.292 e. The Morgan fingerprint density at radius 3 is 2.59 bits per heavy atom. The highest BCUT2D eigenvalue weighted by molar-refractivity contribution is 9.10. The van der Waals surface area contributed by atoms with Crippen LogP contribution >= 0.6 is 15.9 Å². The van der Waals surface area contributed by atoms with Crippen LogP contribution in [0, 0.1) is 0 Å².